The van der Waals surface area contributed by atoms with Crippen LogP contribution in [0.25, 0.3) is 10.9 Å². The summed E-state index contributed by atoms with van der Waals surface area (Å²) in [7, 11) is 0. The van der Waals surface area contributed by atoms with Crippen molar-refractivity contribution in [3.63, 3.8) is 0 Å². The van der Waals surface area contributed by atoms with Gasteiger partial charge in [-0.3, -0.25) is 19.2 Å². The Morgan fingerprint density at radius 3 is 2.47 bits per heavy atom. The number of aliphatic carboxylic acids is 1. The van der Waals surface area contributed by atoms with Gasteiger partial charge in [0, 0.05) is 41.8 Å². The van der Waals surface area contributed by atoms with Gasteiger partial charge in [-0.15, -0.1) is 0 Å². The van der Waals surface area contributed by atoms with Crippen LogP contribution in [-0.2, 0) is 32.0 Å². The fraction of sp³-hybridized carbons (Fsp3) is 0.348. The standard InChI is InChI=1S/C23H29N7O6/c1-12(31)20(30-21(34)16(24)7-14-9-25-11-28-14)23(36)29-18(22(35)27-10-19(32)33)6-13-8-26-17-5-3-2-4-15(13)17/h2-5,8-9,11-12,16,18,20,26,31H,6-7,10,24H2,1H3,(H,25,28)(H,27,35)(H,29,36)(H,30,34)(H,32,33). The van der Waals surface area contributed by atoms with Gasteiger partial charge in [-0.1, -0.05) is 18.2 Å². The van der Waals surface area contributed by atoms with Gasteiger partial charge in [0.1, 0.15) is 18.6 Å². The maximum atomic E-state index is 13.1. The number of aromatic amines is 2. The molecule has 4 atom stereocenters. The second-order valence-corrected chi connectivity index (χ2v) is 8.35. The molecule has 0 fully saturated rings. The van der Waals surface area contributed by atoms with Gasteiger partial charge in [0.25, 0.3) is 0 Å². The smallest absolute Gasteiger partial charge is 0.322 e. The van der Waals surface area contributed by atoms with Crippen LogP contribution in [0.3, 0.4) is 0 Å². The number of fused-ring (bicyclic) bond motifs is 1. The lowest BCUT2D eigenvalue weighted by molar-refractivity contribution is -0.138. The molecular weight excluding hydrogens is 470 g/mol. The van der Waals surface area contributed by atoms with E-state index in [0.29, 0.717) is 11.3 Å². The molecule has 0 saturated carbocycles. The van der Waals surface area contributed by atoms with E-state index in [1.54, 1.807) is 6.20 Å². The molecule has 3 aromatic rings. The van der Waals surface area contributed by atoms with Crippen molar-refractivity contribution in [3.8, 4) is 0 Å². The van der Waals surface area contributed by atoms with E-state index in [4.69, 9.17) is 10.8 Å². The molecular formula is C23H29N7O6. The maximum Gasteiger partial charge on any atom is 0.322 e. The predicted molar refractivity (Wildman–Crippen MR) is 128 cm³/mol. The molecule has 0 aliphatic rings. The van der Waals surface area contributed by atoms with E-state index in [0.717, 1.165) is 10.9 Å². The molecule has 3 rings (SSSR count). The van der Waals surface area contributed by atoms with E-state index in [1.165, 1.54) is 19.4 Å². The minimum absolute atomic E-state index is 0.0288. The molecule has 0 aliphatic heterocycles. The van der Waals surface area contributed by atoms with Crippen LogP contribution in [0.1, 0.15) is 18.2 Å². The van der Waals surface area contributed by atoms with E-state index in [2.05, 4.69) is 30.9 Å². The zero-order valence-electron chi connectivity index (χ0n) is 19.5. The number of H-pyrrole nitrogens is 2. The number of carboxylic acid groups (broad SMARTS) is 1. The third-order valence-electron chi connectivity index (χ3n) is 5.54. The zero-order chi connectivity index (χ0) is 26.2. The number of aromatic nitrogens is 3. The highest BCUT2D eigenvalue weighted by atomic mass is 16.4. The molecule has 2 aromatic heterocycles. The fourth-order valence-corrected chi connectivity index (χ4v) is 3.67. The summed E-state index contributed by atoms with van der Waals surface area (Å²) in [6.45, 7) is 0.669. The highest BCUT2D eigenvalue weighted by Crippen LogP contribution is 2.19. The van der Waals surface area contributed by atoms with Crippen molar-refractivity contribution in [2.24, 2.45) is 5.73 Å². The van der Waals surface area contributed by atoms with Gasteiger partial charge in [-0.2, -0.15) is 0 Å². The summed E-state index contributed by atoms with van der Waals surface area (Å²) in [6.07, 6.45) is 3.48. The van der Waals surface area contributed by atoms with Gasteiger partial charge < -0.3 is 41.9 Å². The summed E-state index contributed by atoms with van der Waals surface area (Å²) in [4.78, 5) is 59.1. The van der Waals surface area contributed by atoms with Gasteiger partial charge >= 0.3 is 5.97 Å². The number of imidazole rings is 1. The molecule has 0 radical (unpaired) electrons. The lowest BCUT2D eigenvalue weighted by Crippen LogP contribution is -2.59. The number of benzene rings is 1. The number of nitrogens with two attached hydrogens (primary N) is 1. The number of para-hydroxylation sites is 1. The number of carbonyl (C=O) groups excluding carboxylic acids is 3. The number of rotatable bonds is 12. The van der Waals surface area contributed by atoms with Crippen LogP contribution in [0.15, 0.2) is 43.0 Å². The van der Waals surface area contributed by atoms with Crippen LogP contribution in [0.5, 0.6) is 0 Å². The average molecular weight is 500 g/mol. The van der Waals surface area contributed by atoms with Gasteiger partial charge in [0.05, 0.1) is 18.5 Å². The summed E-state index contributed by atoms with van der Waals surface area (Å²) in [5, 5.41) is 27.1. The highest BCUT2D eigenvalue weighted by molar-refractivity contribution is 5.94. The Morgan fingerprint density at radius 2 is 1.81 bits per heavy atom. The van der Waals surface area contributed by atoms with Gasteiger partial charge in [-0.05, 0) is 18.6 Å². The van der Waals surface area contributed by atoms with E-state index in [-0.39, 0.29) is 12.8 Å². The normalized spacial score (nSPS) is 14.4. The molecule has 0 spiro atoms. The van der Waals surface area contributed by atoms with Crippen molar-refractivity contribution in [1.82, 2.24) is 30.9 Å². The maximum absolute atomic E-state index is 13.1. The largest absolute Gasteiger partial charge is 0.480 e. The van der Waals surface area contributed by atoms with E-state index < -0.39 is 54.5 Å². The Hall–Kier alpha value is -4.23. The Kier molecular flexibility index (Phi) is 8.76. The Bertz CT molecular complexity index is 1210. The summed E-state index contributed by atoms with van der Waals surface area (Å²) < 4.78 is 0. The number of carbonyl (C=O) groups is 4. The van der Waals surface area contributed by atoms with Crippen molar-refractivity contribution in [1.29, 1.82) is 0 Å². The molecule has 3 amide bonds. The van der Waals surface area contributed by atoms with Crippen molar-refractivity contribution < 1.29 is 29.4 Å². The Balaban J connectivity index is 1.74. The second kappa shape index (κ2) is 12.0. The van der Waals surface area contributed by atoms with Gasteiger partial charge in [0.2, 0.25) is 17.7 Å². The first-order chi connectivity index (χ1) is 17.2. The SMILES string of the molecule is CC(O)C(NC(=O)C(N)Cc1cnc[nH]1)C(=O)NC(Cc1c[nH]c2ccccc12)C(=O)NCC(=O)O. The number of amides is 3. The van der Waals surface area contributed by atoms with Crippen LogP contribution in [0.2, 0.25) is 0 Å². The predicted octanol–water partition coefficient (Wildman–Crippen LogP) is -1.45. The van der Waals surface area contributed by atoms with Crippen molar-refractivity contribution in [3.05, 3.63) is 54.2 Å². The van der Waals surface area contributed by atoms with Crippen LogP contribution >= 0.6 is 0 Å². The van der Waals surface area contributed by atoms with Crippen LogP contribution in [0.4, 0.5) is 0 Å². The van der Waals surface area contributed by atoms with E-state index >= 15 is 0 Å². The summed E-state index contributed by atoms with van der Waals surface area (Å²) in [5.74, 6) is -3.50. The Morgan fingerprint density at radius 1 is 1.06 bits per heavy atom. The molecule has 36 heavy (non-hydrogen) atoms. The van der Waals surface area contributed by atoms with Crippen LogP contribution in [0, 0.1) is 0 Å². The first kappa shape index (κ1) is 26.4. The number of nitrogens with one attached hydrogen (secondary N) is 5. The molecule has 2 heterocycles. The number of hydrogen-bond acceptors (Lipinski definition) is 7. The van der Waals surface area contributed by atoms with E-state index in [9.17, 15) is 24.3 Å². The van der Waals surface area contributed by atoms with Crippen molar-refractivity contribution in [2.75, 3.05) is 6.54 Å². The number of carboxylic acids is 1. The van der Waals surface area contributed by atoms with Gasteiger partial charge in [-0.25, -0.2) is 4.98 Å². The topological polar surface area (TPSA) is 215 Å². The quantitative estimate of drug-likeness (QED) is 0.147. The van der Waals surface area contributed by atoms with Gasteiger partial charge in [0.15, 0.2) is 0 Å². The number of nitrogens with zero attached hydrogens (tertiary/aromatic N) is 1. The first-order valence-corrected chi connectivity index (χ1v) is 11.2. The lowest BCUT2D eigenvalue weighted by atomic mass is 10.0. The monoisotopic (exact) mass is 499 g/mol. The molecule has 9 N–H and O–H groups in total. The molecule has 13 heteroatoms. The van der Waals surface area contributed by atoms with Crippen molar-refractivity contribution >= 4 is 34.6 Å². The summed E-state index contributed by atoms with van der Waals surface area (Å²) in [5.41, 5.74) is 8.07. The molecule has 1 aromatic carbocycles. The molecule has 4 unspecified atom stereocenters. The minimum Gasteiger partial charge on any atom is -0.480 e. The molecule has 0 bridgehead atoms. The number of aliphatic hydroxyl groups is 1. The Labute approximate surface area is 205 Å². The fourth-order valence-electron chi connectivity index (χ4n) is 3.67. The van der Waals surface area contributed by atoms with E-state index in [1.807, 2.05) is 24.3 Å². The molecule has 0 aliphatic carbocycles. The molecule has 192 valence electrons. The average Bonchev–Trinajstić information content (AvgIpc) is 3.50. The summed E-state index contributed by atoms with van der Waals surface area (Å²) in [6, 6.07) is 3.73. The third kappa shape index (κ3) is 6.90. The molecule has 0 saturated heterocycles. The number of aliphatic hydroxyl groups excluding tert-OH is 1. The zero-order valence-corrected chi connectivity index (χ0v) is 19.5. The van der Waals surface area contributed by atoms with Crippen LogP contribution < -0.4 is 21.7 Å². The first-order valence-electron chi connectivity index (χ1n) is 11.2. The molecule has 13 nitrogen and oxygen atoms in total. The third-order valence-corrected chi connectivity index (χ3v) is 5.54. The summed E-state index contributed by atoms with van der Waals surface area (Å²) >= 11 is 0. The van der Waals surface area contributed by atoms with Crippen LogP contribution in [-0.4, -0.2) is 79.6 Å². The lowest BCUT2D eigenvalue weighted by Gasteiger charge is -2.25. The second-order valence-electron chi connectivity index (χ2n) is 8.35. The minimum atomic E-state index is -1.41. The van der Waals surface area contributed by atoms with Crippen molar-refractivity contribution in [2.45, 2.75) is 44.0 Å². The number of hydrogen-bond donors (Lipinski definition) is 8. The highest BCUT2D eigenvalue weighted by Gasteiger charge is 2.31.